The molecule has 0 aliphatic heterocycles. The fourth-order valence-corrected chi connectivity index (χ4v) is 6.05. The summed E-state index contributed by atoms with van der Waals surface area (Å²) in [6.45, 7) is 9.00. The minimum absolute atomic E-state index is 0.0762. The Morgan fingerprint density at radius 1 is 1.14 bits per heavy atom. The smallest absolute Gasteiger partial charge is 0.0596 e. The van der Waals surface area contributed by atoms with Crippen molar-refractivity contribution < 1.29 is 5.11 Å². The second-order valence-electron chi connectivity index (χ2n) is 8.46. The normalized spacial score (nSPS) is 52.0. The minimum Gasteiger partial charge on any atom is -0.393 e. The van der Waals surface area contributed by atoms with Gasteiger partial charge in [0.25, 0.3) is 0 Å². The third-order valence-corrected chi connectivity index (χ3v) is 7.58. The van der Waals surface area contributed by atoms with Crippen molar-refractivity contribution in [1.29, 1.82) is 0 Å². The van der Waals surface area contributed by atoms with E-state index in [1.165, 1.54) is 36.8 Å². The Morgan fingerprint density at radius 2 is 1.95 bits per heavy atom. The molecule has 4 aliphatic rings. The van der Waals surface area contributed by atoms with Crippen LogP contribution in [0.2, 0.25) is 0 Å². The molecule has 4 rings (SSSR count). The van der Waals surface area contributed by atoms with Crippen molar-refractivity contribution in [1.82, 2.24) is 0 Å². The zero-order valence-corrected chi connectivity index (χ0v) is 13.4. The average molecular weight is 284 g/mol. The predicted octanol–water partition coefficient (Wildman–Crippen LogP) is 4.64. The van der Waals surface area contributed by atoms with Crippen LogP contribution in [0.25, 0.3) is 0 Å². The quantitative estimate of drug-likeness (QED) is 0.687. The number of rotatable bonds is 0. The molecule has 1 heteroatoms. The van der Waals surface area contributed by atoms with Crippen LogP contribution in [-0.4, -0.2) is 11.2 Å². The predicted molar refractivity (Wildman–Crippen MR) is 86.8 cm³/mol. The molecule has 0 aromatic heterocycles. The minimum atomic E-state index is -0.0762. The molecule has 21 heavy (non-hydrogen) atoms. The summed E-state index contributed by atoms with van der Waals surface area (Å²) in [5.41, 5.74) is 3.32. The van der Waals surface area contributed by atoms with Gasteiger partial charge in [0.1, 0.15) is 0 Å². The number of hydrogen-bond acceptors (Lipinski definition) is 1. The van der Waals surface area contributed by atoms with Gasteiger partial charge in [0.2, 0.25) is 0 Å². The Hall–Kier alpha value is -0.820. The summed E-state index contributed by atoms with van der Waals surface area (Å²) in [4.78, 5) is 0. The van der Waals surface area contributed by atoms with Crippen molar-refractivity contribution in [3.05, 3.63) is 36.0 Å². The van der Waals surface area contributed by atoms with E-state index in [2.05, 4.69) is 38.7 Å². The maximum Gasteiger partial charge on any atom is 0.0596 e. The molecule has 0 bridgehead atoms. The number of fused-ring (bicyclic) bond motifs is 5. The van der Waals surface area contributed by atoms with Crippen LogP contribution >= 0.6 is 0 Å². The lowest BCUT2D eigenvalue weighted by molar-refractivity contribution is -0.0467. The summed E-state index contributed by atoms with van der Waals surface area (Å²) >= 11 is 0. The summed E-state index contributed by atoms with van der Waals surface area (Å²) in [6, 6.07) is 0. The fourth-order valence-electron chi connectivity index (χ4n) is 6.05. The van der Waals surface area contributed by atoms with Gasteiger partial charge in [0, 0.05) is 0 Å². The van der Waals surface area contributed by atoms with E-state index in [9.17, 15) is 5.11 Å². The highest BCUT2D eigenvalue weighted by Gasteiger charge is 2.57. The lowest BCUT2D eigenvalue weighted by Crippen LogP contribution is -2.49. The van der Waals surface area contributed by atoms with E-state index in [4.69, 9.17) is 0 Å². The van der Waals surface area contributed by atoms with E-state index in [-0.39, 0.29) is 11.5 Å². The Bertz CT molecular complexity index is 542. The van der Waals surface area contributed by atoms with Crippen molar-refractivity contribution in [2.45, 2.75) is 58.5 Å². The van der Waals surface area contributed by atoms with Crippen molar-refractivity contribution in [3.8, 4) is 0 Å². The molecule has 2 fully saturated rings. The largest absolute Gasteiger partial charge is 0.393 e. The summed E-state index contributed by atoms with van der Waals surface area (Å²) in [6.07, 6.45) is 14.3. The topological polar surface area (TPSA) is 20.2 Å². The Kier molecular flexibility index (Phi) is 2.86. The van der Waals surface area contributed by atoms with E-state index < -0.39 is 0 Å². The van der Waals surface area contributed by atoms with Crippen molar-refractivity contribution in [3.63, 3.8) is 0 Å². The van der Waals surface area contributed by atoms with Gasteiger partial charge in [0.05, 0.1) is 6.10 Å². The molecular weight excluding hydrogens is 256 g/mol. The van der Waals surface area contributed by atoms with Crippen LogP contribution in [0.1, 0.15) is 52.4 Å². The second-order valence-corrected chi connectivity index (χ2v) is 8.46. The van der Waals surface area contributed by atoms with Gasteiger partial charge in [-0.1, -0.05) is 44.2 Å². The van der Waals surface area contributed by atoms with E-state index in [0.29, 0.717) is 17.3 Å². The zero-order valence-electron chi connectivity index (χ0n) is 13.4. The van der Waals surface area contributed by atoms with Crippen molar-refractivity contribution in [2.75, 3.05) is 0 Å². The Balaban J connectivity index is 1.75. The van der Waals surface area contributed by atoms with Gasteiger partial charge in [-0.2, -0.15) is 0 Å². The van der Waals surface area contributed by atoms with Crippen LogP contribution in [0.15, 0.2) is 36.0 Å². The van der Waals surface area contributed by atoms with Gasteiger partial charge in [-0.3, -0.25) is 0 Å². The zero-order chi connectivity index (χ0) is 14.8. The molecule has 1 nitrogen and oxygen atoms in total. The van der Waals surface area contributed by atoms with Crippen LogP contribution < -0.4 is 0 Å². The molecule has 0 heterocycles. The molecule has 0 saturated heterocycles. The van der Waals surface area contributed by atoms with E-state index in [1.54, 1.807) is 0 Å². The molecule has 0 spiro atoms. The molecule has 0 amide bonds. The van der Waals surface area contributed by atoms with Gasteiger partial charge in [0.15, 0.2) is 0 Å². The second kappa shape index (κ2) is 4.35. The summed E-state index contributed by atoms with van der Waals surface area (Å²) in [7, 11) is 0. The number of hydrogen-bond donors (Lipinski definition) is 1. The molecule has 6 atom stereocenters. The Labute approximate surface area is 128 Å². The van der Waals surface area contributed by atoms with Gasteiger partial charge >= 0.3 is 0 Å². The molecule has 0 radical (unpaired) electrons. The number of allylic oxidation sites excluding steroid dienone is 5. The van der Waals surface area contributed by atoms with Crippen LogP contribution in [0.4, 0.5) is 0 Å². The molecule has 114 valence electrons. The number of aliphatic hydroxyl groups excluding tert-OH is 1. The van der Waals surface area contributed by atoms with Gasteiger partial charge in [-0.25, -0.2) is 0 Å². The average Bonchev–Trinajstić information content (AvgIpc) is 2.76. The third kappa shape index (κ3) is 1.73. The summed E-state index contributed by atoms with van der Waals surface area (Å²) in [5, 5.41) is 10.5. The van der Waals surface area contributed by atoms with Gasteiger partial charge in [-0.05, 0) is 72.7 Å². The SMILES string of the molecule is C=C1C=C2C=C[C@H]3[C@@H]4CC[C@H](O)[C@@]4(C)CC[C@@H]3[C@@]2(C)CC1. The lowest BCUT2D eigenvalue weighted by atomic mass is 9.49. The molecule has 2 saturated carbocycles. The maximum atomic E-state index is 10.5. The first-order valence-electron chi connectivity index (χ1n) is 8.71. The lowest BCUT2D eigenvalue weighted by Gasteiger charge is -2.55. The highest BCUT2D eigenvalue weighted by Crippen LogP contribution is 2.63. The third-order valence-electron chi connectivity index (χ3n) is 7.58. The maximum absolute atomic E-state index is 10.5. The number of aliphatic hydroxyl groups is 1. The van der Waals surface area contributed by atoms with E-state index >= 15 is 0 Å². The monoisotopic (exact) mass is 284 g/mol. The van der Waals surface area contributed by atoms with Gasteiger partial charge in [-0.15, -0.1) is 0 Å². The molecule has 0 aromatic carbocycles. The van der Waals surface area contributed by atoms with Crippen LogP contribution in [-0.2, 0) is 0 Å². The van der Waals surface area contributed by atoms with Crippen molar-refractivity contribution >= 4 is 0 Å². The highest BCUT2D eigenvalue weighted by molar-refractivity contribution is 5.41. The van der Waals surface area contributed by atoms with Crippen molar-refractivity contribution in [2.24, 2.45) is 28.6 Å². The van der Waals surface area contributed by atoms with Crippen LogP contribution in [0.3, 0.4) is 0 Å². The van der Waals surface area contributed by atoms with Gasteiger partial charge < -0.3 is 5.11 Å². The highest BCUT2D eigenvalue weighted by atomic mass is 16.3. The summed E-state index contributed by atoms with van der Waals surface area (Å²) < 4.78 is 0. The fraction of sp³-hybridized carbons (Fsp3) is 0.700. The van der Waals surface area contributed by atoms with Crippen LogP contribution in [0, 0.1) is 28.6 Å². The first kappa shape index (κ1) is 13.8. The van der Waals surface area contributed by atoms with E-state index in [1.807, 2.05) is 0 Å². The molecule has 1 N–H and O–H groups in total. The Morgan fingerprint density at radius 3 is 2.76 bits per heavy atom. The molecule has 0 unspecified atom stereocenters. The van der Waals surface area contributed by atoms with E-state index in [0.717, 1.165) is 18.8 Å². The molecular formula is C20H28O. The first-order chi connectivity index (χ1) is 9.95. The standard InChI is InChI=1S/C20H28O/c1-13-8-10-19(2)14(12-13)4-5-15-16-6-7-18(21)20(16,3)11-9-17(15)19/h4-5,12,15-18,21H,1,6-11H2,2-3H3/t15-,16-,17-,18-,19-,20-/m0/s1. The summed E-state index contributed by atoms with van der Waals surface area (Å²) in [5.74, 6) is 2.13. The van der Waals surface area contributed by atoms with Crippen LogP contribution in [0.5, 0.6) is 0 Å². The first-order valence-corrected chi connectivity index (χ1v) is 8.71. The molecule has 4 aliphatic carbocycles. The molecule has 0 aromatic rings.